The van der Waals surface area contributed by atoms with Crippen LogP contribution in [0.5, 0.6) is 0 Å². The van der Waals surface area contributed by atoms with Crippen molar-refractivity contribution < 1.29 is 14.7 Å². The number of benzene rings is 1. The maximum absolute atomic E-state index is 11.8. The zero-order chi connectivity index (χ0) is 12.2. The standard InChI is InChI=1S/C13H11NO3/c1-6-2-3-7-9(15)5-4-8-10(7)11(6)14-12(8)13(16)17/h2-3,14H,4-5H2,1H3,(H,16,17). The van der Waals surface area contributed by atoms with Crippen LogP contribution in [0.25, 0.3) is 10.9 Å². The molecule has 0 bridgehead atoms. The van der Waals surface area contributed by atoms with Gasteiger partial charge in [0, 0.05) is 17.4 Å². The van der Waals surface area contributed by atoms with Crippen LogP contribution in [0.3, 0.4) is 0 Å². The molecule has 0 radical (unpaired) electrons. The van der Waals surface area contributed by atoms with Crippen molar-refractivity contribution >= 4 is 22.7 Å². The van der Waals surface area contributed by atoms with Gasteiger partial charge in [-0.05, 0) is 24.5 Å². The normalized spacial score (nSPS) is 14.3. The van der Waals surface area contributed by atoms with Gasteiger partial charge < -0.3 is 10.1 Å². The summed E-state index contributed by atoms with van der Waals surface area (Å²) in [6.07, 6.45) is 0.903. The summed E-state index contributed by atoms with van der Waals surface area (Å²) in [7, 11) is 0. The molecule has 4 heteroatoms. The van der Waals surface area contributed by atoms with Gasteiger partial charge in [-0.3, -0.25) is 4.79 Å². The lowest BCUT2D eigenvalue weighted by Crippen LogP contribution is -2.10. The lowest BCUT2D eigenvalue weighted by Gasteiger charge is -2.12. The number of carbonyl (C=O) groups excluding carboxylic acids is 1. The predicted octanol–water partition coefficient (Wildman–Crippen LogP) is 2.30. The molecular weight excluding hydrogens is 218 g/mol. The molecule has 1 heterocycles. The van der Waals surface area contributed by atoms with Gasteiger partial charge in [-0.25, -0.2) is 4.79 Å². The quantitative estimate of drug-likeness (QED) is 0.788. The molecule has 86 valence electrons. The van der Waals surface area contributed by atoms with E-state index in [0.717, 1.165) is 22.0 Å². The van der Waals surface area contributed by atoms with Crippen LogP contribution >= 0.6 is 0 Å². The van der Waals surface area contributed by atoms with Crippen molar-refractivity contribution in [3.05, 3.63) is 34.5 Å². The Bertz CT molecular complexity index is 667. The Morgan fingerprint density at radius 3 is 2.82 bits per heavy atom. The Hall–Kier alpha value is -2.10. The first kappa shape index (κ1) is 10.1. The van der Waals surface area contributed by atoms with Crippen LogP contribution in [-0.4, -0.2) is 21.8 Å². The Labute approximate surface area is 97.3 Å². The molecule has 2 aromatic rings. The number of carbonyl (C=O) groups is 2. The van der Waals surface area contributed by atoms with Gasteiger partial charge in [0.2, 0.25) is 0 Å². The third-order valence-corrected chi connectivity index (χ3v) is 3.38. The lowest BCUT2D eigenvalue weighted by molar-refractivity contribution is 0.0689. The third kappa shape index (κ3) is 1.24. The average Bonchev–Trinajstić information content (AvgIpc) is 2.67. The van der Waals surface area contributed by atoms with E-state index < -0.39 is 5.97 Å². The minimum atomic E-state index is -0.962. The van der Waals surface area contributed by atoms with E-state index in [9.17, 15) is 9.59 Å². The van der Waals surface area contributed by atoms with Gasteiger partial charge in [-0.2, -0.15) is 0 Å². The third-order valence-electron chi connectivity index (χ3n) is 3.38. The molecule has 4 nitrogen and oxygen atoms in total. The van der Waals surface area contributed by atoms with E-state index in [2.05, 4.69) is 4.98 Å². The Kier molecular flexibility index (Phi) is 1.90. The van der Waals surface area contributed by atoms with Crippen molar-refractivity contribution in [1.82, 2.24) is 4.98 Å². The van der Waals surface area contributed by atoms with Crippen LogP contribution in [0, 0.1) is 6.92 Å². The van der Waals surface area contributed by atoms with E-state index in [1.54, 1.807) is 6.07 Å². The van der Waals surface area contributed by atoms with E-state index >= 15 is 0 Å². The van der Waals surface area contributed by atoms with E-state index in [-0.39, 0.29) is 11.5 Å². The highest BCUT2D eigenvalue weighted by Crippen LogP contribution is 2.33. The van der Waals surface area contributed by atoms with Crippen molar-refractivity contribution in [3.8, 4) is 0 Å². The highest BCUT2D eigenvalue weighted by atomic mass is 16.4. The summed E-state index contributed by atoms with van der Waals surface area (Å²) in [5.74, 6) is -0.866. The van der Waals surface area contributed by atoms with Crippen molar-refractivity contribution in [3.63, 3.8) is 0 Å². The molecule has 3 rings (SSSR count). The van der Waals surface area contributed by atoms with E-state index in [1.807, 2.05) is 13.0 Å². The van der Waals surface area contributed by atoms with Gasteiger partial charge in [-0.15, -0.1) is 0 Å². The first-order valence-corrected chi connectivity index (χ1v) is 5.50. The molecule has 17 heavy (non-hydrogen) atoms. The number of rotatable bonds is 1. The molecular formula is C13H11NO3. The number of carboxylic acid groups (broad SMARTS) is 1. The number of hydrogen-bond acceptors (Lipinski definition) is 2. The summed E-state index contributed by atoms with van der Waals surface area (Å²) in [6.45, 7) is 1.91. The van der Waals surface area contributed by atoms with Crippen molar-refractivity contribution in [2.75, 3.05) is 0 Å². The van der Waals surface area contributed by atoms with Gasteiger partial charge >= 0.3 is 5.97 Å². The fourth-order valence-electron chi connectivity index (χ4n) is 2.54. The summed E-state index contributed by atoms with van der Waals surface area (Å²) in [5, 5.41) is 9.96. The van der Waals surface area contributed by atoms with Crippen molar-refractivity contribution in [1.29, 1.82) is 0 Å². The summed E-state index contributed by atoms with van der Waals surface area (Å²) < 4.78 is 0. The van der Waals surface area contributed by atoms with E-state index in [4.69, 9.17) is 5.11 Å². The fourth-order valence-corrected chi connectivity index (χ4v) is 2.54. The van der Waals surface area contributed by atoms with E-state index in [0.29, 0.717) is 18.4 Å². The van der Waals surface area contributed by atoms with Crippen molar-refractivity contribution in [2.45, 2.75) is 19.8 Å². The predicted molar refractivity (Wildman–Crippen MR) is 62.6 cm³/mol. The first-order chi connectivity index (χ1) is 8.09. The molecule has 0 atom stereocenters. The Morgan fingerprint density at radius 2 is 2.12 bits per heavy atom. The van der Waals surface area contributed by atoms with Gasteiger partial charge in [0.05, 0.1) is 5.52 Å². The first-order valence-electron chi connectivity index (χ1n) is 5.50. The number of aryl methyl sites for hydroxylation is 2. The summed E-state index contributed by atoms with van der Waals surface area (Å²) in [6, 6.07) is 3.65. The number of aromatic amines is 1. The second-order valence-electron chi connectivity index (χ2n) is 4.39. The molecule has 2 N–H and O–H groups in total. The SMILES string of the molecule is Cc1ccc2c3c(c(C(=O)O)[nH]c13)CCC2=O. The molecule has 1 aliphatic carbocycles. The number of aromatic nitrogens is 1. The molecule has 1 aliphatic rings. The highest BCUT2D eigenvalue weighted by molar-refractivity contribution is 6.13. The molecule has 0 saturated heterocycles. The topological polar surface area (TPSA) is 70.2 Å². The number of ketones is 1. The lowest BCUT2D eigenvalue weighted by atomic mass is 9.89. The zero-order valence-electron chi connectivity index (χ0n) is 9.33. The largest absolute Gasteiger partial charge is 0.477 e. The van der Waals surface area contributed by atoms with Crippen LogP contribution in [0.1, 0.15) is 38.4 Å². The summed E-state index contributed by atoms with van der Waals surface area (Å²) in [4.78, 5) is 25.9. The van der Waals surface area contributed by atoms with Gasteiger partial charge in [-0.1, -0.05) is 12.1 Å². The maximum atomic E-state index is 11.8. The Morgan fingerprint density at radius 1 is 1.35 bits per heavy atom. The van der Waals surface area contributed by atoms with Crippen LogP contribution < -0.4 is 0 Å². The van der Waals surface area contributed by atoms with Gasteiger partial charge in [0.1, 0.15) is 5.69 Å². The Balaban J connectivity index is 2.49. The van der Waals surface area contributed by atoms with Crippen LogP contribution in [0.15, 0.2) is 12.1 Å². The molecule has 0 saturated carbocycles. The molecule has 0 aliphatic heterocycles. The number of H-pyrrole nitrogens is 1. The average molecular weight is 229 g/mol. The molecule has 1 aromatic heterocycles. The van der Waals surface area contributed by atoms with Gasteiger partial charge in [0.25, 0.3) is 0 Å². The maximum Gasteiger partial charge on any atom is 0.352 e. The summed E-state index contributed by atoms with van der Waals surface area (Å²) >= 11 is 0. The fraction of sp³-hybridized carbons (Fsp3) is 0.231. The minimum absolute atomic E-state index is 0.0958. The summed E-state index contributed by atoms with van der Waals surface area (Å²) in [5.41, 5.74) is 3.39. The second-order valence-corrected chi connectivity index (χ2v) is 4.39. The van der Waals surface area contributed by atoms with Crippen LogP contribution in [0.2, 0.25) is 0 Å². The van der Waals surface area contributed by atoms with Crippen LogP contribution in [-0.2, 0) is 6.42 Å². The zero-order valence-corrected chi connectivity index (χ0v) is 9.33. The van der Waals surface area contributed by atoms with Crippen molar-refractivity contribution in [2.24, 2.45) is 0 Å². The number of nitrogens with one attached hydrogen (secondary N) is 1. The number of Topliss-reactive ketones (excluding diaryl/α,β-unsaturated/α-hetero) is 1. The van der Waals surface area contributed by atoms with E-state index in [1.165, 1.54) is 0 Å². The number of aromatic carboxylic acids is 1. The minimum Gasteiger partial charge on any atom is -0.477 e. The monoisotopic (exact) mass is 229 g/mol. The molecule has 0 unspecified atom stereocenters. The molecule has 0 spiro atoms. The molecule has 0 amide bonds. The number of carboxylic acids is 1. The highest BCUT2D eigenvalue weighted by Gasteiger charge is 2.26. The second kappa shape index (κ2) is 3.20. The number of hydrogen-bond donors (Lipinski definition) is 2. The molecule has 0 fully saturated rings. The van der Waals surface area contributed by atoms with Gasteiger partial charge in [0.15, 0.2) is 5.78 Å². The smallest absolute Gasteiger partial charge is 0.352 e. The molecule has 1 aromatic carbocycles. The van der Waals surface area contributed by atoms with Crippen LogP contribution in [0.4, 0.5) is 0 Å².